The molecule has 102 valence electrons. The molecule has 0 aromatic heterocycles. The highest BCUT2D eigenvalue weighted by atomic mass is 19.1. The lowest BCUT2D eigenvalue weighted by atomic mass is 10.0. The number of benzene rings is 1. The Morgan fingerprint density at radius 3 is 2.50 bits per heavy atom. The molecular weight excluding hydrogens is 233 g/mol. The van der Waals surface area contributed by atoms with E-state index in [-0.39, 0.29) is 11.4 Å². The maximum Gasteiger partial charge on any atom is 0.148 e. The quantitative estimate of drug-likeness (QED) is 0.792. The molecule has 0 amide bonds. The lowest BCUT2D eigenvalue weighted by molar-refractivity contribution is 0.210. The Kier molecular flexibility index (Phi) is 4.40. The molecule has 0 aliphatic carbocycles. The summed E-state index contributed by atoms with van der Waals surface area (Å²) in [5.74, 6) is 0.101. The van der Waals surface area contributed by atoms with Crippen LogP contribution < -0.4 is 15.8 Å². The molecular formula is C13H22FN3O. The van der Waals surface area contributed by atoms with Crippen molar-refractivity contribution in [2.45, 2.75) is 19.4 Å². The van der Waals surface area contributed by atoms with Gasteiger partial charge in [0.1, 0.15) is 11.6 Å². The van der Waals surface area contributed by atoms with E-state index in [1.54, 1.807) is 6.07 Å². The first-order chi connectivity index (χ1) is 8.27. The first kappa shape index (κ1) is 14.6. The number of rotatable bonds is 5. The van der Waals surface area contributed by atoms with E-state index in [0.717, 1.165) is 0 Å². The van der Waals surface area contributed by atoms with Crippen molar-refractivity contribution in [3.63, 3.8) is 0 Å². The minimum Gasteiger partial charge on any atom is -0.495 e. The molecule has 1 rings (SSSR count). The number of hydrogen-bond acceptors (Lipinski definition) is 4. The summed E-state index contributed by atoms with van der Waals surface area (Å²) in [5.41, 5.74) is 6.25. The fraction of sp³-hybridized carbons (Fsp3) is 0.538. The van der Waals surface area contributed by atoms with Gasteiger partial charge in [0.25, 0.3) is 0 Å². The summed E-state index contributed by atoms with van der Waals surface area (Å²) in [6, 6.07) is 2.85. The molecule has 3 N–H and O–H groups in total. The Labute approximate surface area is 108 Å². The largest absolute Gasteiger partial charge is 0.495 e. The van der Waals surface area contributed by atoms with Gasteiger partial charge in [-0.25, -0.2) is 4.39 Å². The lowest BCUT2D eigenvalue weighted by Crippen LogP contribution is -2.44. The van der Waals surface area contributed by atoms with Crippen molar-refractivity contribution in [3.8, 4) is 5.75 Å². The minimum atomic E-state index is -0.372. The molecule has 0 fully saturated rings. The van der Waals surface area contributed by atoms with Crippen molar-refractivity contribution < 1.29 is 9.13 Å². The SMILES string of the molecule is COc1cc(NCC(C)(C)N(C)C)c(F)cc1N. The monoisotopic (exact) mass is 255 g/mol. The predicted molar refractivity (Wildman–Crippen MR) is 73.6 cm³/mol. The molecule has 0 bridgehead atoms. The summed E-state index contributed by atoms with van der Waals surface area (Å²) in [7, 11) is 5.49. The van der Waals surface area contributed by atoms with Gasteiger partial charge in [-0.15, -0.1) is 0 Å². The molecule has 0 aliphatic heterocycles. The zero-order valence-electron chi connectivity index (χ0n) is 11.7. The molecule has 0 atom stereocenters. The number of ether oxygens (including phenoxy) is 1. The van der Waals surface area contributed by atoms with Crippen LogP contribution in [-0.4, -0.2) is 38.2 Å². The van der Waals surface area contributed by atoms with Gasteiger partial charge in [0, 0.05) is 24.2 Å². The Balaban J connectivity index is 2.85. The Hall–Kier alpha value is -1.49. The topological polar surface area (TPSA) is 50.5 Å². The van der Waals surface area contributed by atoms with Crippen LogP contribution in [0, 0.1) is 5.82 Å². The molecule has 0 spiro atoms. The molecule has 0 saturated heterocycles. The van der Waals surface area contributed by atoms with Gasteiger partial charge in [0.2, 0.25) is 0 Å². The fourth-order valence-corrected chi connectivity index (χ4v) is 1.35. The normalized spacial score (nSPS) is 11.7. The van der Waals surface area contributed by atoms with Crippen LogP contribution in [0.25, 0.3) is 0 Å². The standard InChI is InChI=1S/C13H22FN3O/c1-13(2,17(3)4)8-16-11-7-12(18-5)10(15)6-9(11)14/h6-7,16H,8,15H2,1-5H3. The van der Waals surface area contributed by atoms with Crippen molar-refractivity contribution in [2.24, 2.45) is 0 Å². The third kappa shape index (κ3) is 3.26. The molecule has 5 heteroatoms. The van der Waals surface area contributed by atoms with Gasteiger partial charge >= 0.3 is 0 Å². The summed E-state index contributed by atoms with van der Waals surface area (Å²) < 4.78 is 18.8. The zero-order chi connectivity index (χ0) is 13.9. The predicted octanol–water partition coefficient (Wildman–Crippen LogP) is 2.17. The maximum atomic E-state index is 13.7. The molecule has 1 aromatic rings. The number of nitrogens with two attached hydrogens (primary N) is 1. The maximum absolute atomic E-state index is 13.7. The van der Waals surface area contributed by atoms with Crippen LogP contribution in [0.4, 0.5) is 15.8 Å². The van der Waals surface area contributed by atoms with Crippen LogP contribution in [0.5, 0.6) is 5.75 Å². The molecule has 0 unspecified atom stereocenters. The van der Waals surface area contributed by atoms with E-state index in [2.05, 4.69) is 24.1 Å². The molecule has 0 heterocycles. The van der Waals surface area contributed by atoms with Crippen LogP contribution in [0.15, 0.2) is 12.1 Å². The number of nitrogen functional groups attached to an aromatic ring is 1. The van der Waals surface area contributed by atoms with Gasteiger partial charge < -0.3 is 20.7 Å². The molecule has 4 nitrogen and oxygen atoms in total. The van der Waals surface area contributed by atoms with E-state index in [9.17, 15) is 4.39 Å². The van der Waals surface area contributed by atoms with E-state index in [0.29, 0.717) is 23.7 Å². The van der Waals surface area contributed by atoms with Crippen molar-refractivity contribution in [1.29, 1.82) is 0 Å². The second kappa shape index (κ2) is 5.44. The molecule has 0 aliphatic rings. The highest BCUT2D eigenvalue weighted by Crippen LogP contribution is 2.28. The van der Waals surface area contributed by atoms with Crippen molar-refractivity contribution >= 4 is 11.4 Å². The number of halogens is 1. The van der Waals surface area contributed by atoms with Gasteiger partial charge in [-0.05, 0) is 27.9 Å². The van der Waals surface area contributed by atoms with Crippen LogP contribution in [0.2, 0.25) is 0 Å². The zero-order valence-corrected chi connectivity index (χ0v) is 11.7. The van der Waals surface area contributed by atoms with Crippen molar-refractivity contribution in [2.75, 3.05) is 38.8 Å². The van der Waals surface area contributed by atoms with Gasteiger partial charge in [-0.1, -0.05) is 0 Å². The number of methoxy groups -OCH3 is 1. The van der Waals surface area contributed by atoms with Crippen LogP contribution in [-0.2, 0) is 0 Å². The smallest absolute Gasteiger partial charge is 0.148 e. The second-order valence-electron chi connectivity index (χ2n) is 5.13. The van der Waals surface area contributed by atoms with Gasteiger partial charge in [0.05, 0.1) is 18.5 Å². The summed E-state index contributed by atoms with van der Waals surface area (Å²) in [6.45, 7) is 4.77. The third-order valence-corrected chi connectivity index (χ3v) is 3.24. The van der Waals surface area contributed by atoms with Gasteiger partial charge in [0.15, 0.2) is 0 Å². The van der Waals surface area contributed by atoms with E-state index >= 15 is 0 Å². The average molecular weight is 255 g/mol. The Morgan fingerprint density at radius 2 is 2.00 bits per heavy atom. The number of likely N-dealkylation sites (N-methyl/N-ethyl adjacent to an activating group) is 1. The summed E-state index contributed by atoms with van der Waals surface area (Å²) >= 11 is 0. The van der Waals surface area contributed by atoms with Crippen LogP contribution in [0.1, 0.15) is 13.8 Å². The molecule has 1 aromatic carbocycles. The second-order valence-corrected chi connectivity index (χ2v) is 5.13. The molecule has 0 saturated carbocycles. The van der Waals surface area contributed by atoms with Gasteiger partial charge in [-0.3, -0.25) is 0 Å². The highest BCUT2D eigenvalue weighted by molar-refractivity contribution is 5.62. The van der Waals surface area contributed by atoms with Crippen LogP contribution in [0.3, 0.4) is 0 Å². The Bertz CT molecular complexity index is 419. The summed E-state index contributed by atoms with van der Waals surface area (Å²) in [5, 5.41) is 3.08. The first-order valence-electron chi connectivity index (χ1n) is 5.82. The fourth-order valence-electron chi connectivity index (χ4n) is 1.35. The highest BCUT2D eigenvalue weighted by Gasteiger charge is 2.20. The van der Waals surface area contributed by atoms with E-state index in [4.69, 9.17) is 10.5 Å². The van der Waals surface area contributed by atoms with E-state index < -0.39 is 0 Å². The van der Waals surface area contributed by atoms with Crippen LogP contribution >= 0.6 is 0 Å². The first-order valence-corrected chi connectivity index (χ1v) is 5.82. The summed E-state index contributed by atoms with van der Waals surface area (Å²) in [4.78, 5) is 2.08. The van der Waals surface area contributed by atoms with Gasteiger partial charge in [-0.2, -0.15) is 0 Å². The third-order valence-electron chi connectivity index (χ3n) is 3.24. The number of nitrogens with one attached hydrogen (secondary N) is 1. The number of hydrogen-bond donors (Lipinski definition) is 2. The average Bonchev–Trinajstić information content (AvgIpc) is 2.27. The van der Waals surface area contributed by atoms with Crippen molar-refractivity contribution in [1.82, 2.24) is 4.90 Å². The summed E-state index contributed by atoms with van der Waals surface area (Å²) in [6.07, 6.45) is 0. The lowest BCUT2D eigenvalue weighted by Gasteiger charge is -2.33. The minimum absolute atomic E-state index is 0.0823. The molecule has 0 radical (unpaired) electrons. The Morgan fingerprint density at radius 1 is 1.39 bits per heavy atom. The number of anilines is 2. The van der Waals surface area contributed by atoms with E-state index in [1.165, 1.54) is 13.2 Å². The van der Waals surface area contributed by atoms with Crippen molar-refractivity contribution in [3.05, 3.63) is 17.9 Å². The molecule has 18 heavy (non-hydrogen) atoms. The number of nitrogens with zero attached hydrogens (tertiary/aromatic N) is 1. The van der Waals surface area contributed by atoms with E-state index in [1.807, 2.05) is 14.1 Å².